The van der Waals surface area contributed by atoms with Crippen molar-refractivity contribution in [3.63, 3.8) is 0 Å². The molecular weight excluding hydrogens is 220 g/mol. The predicted molar refractivity (Wildman–Crippen MR) is 62.7 cm³/mol. The van der Waals surface area contributed by atoms with E-state index in [1.165, 1.54) is 6.26 Å². The molecule has 0 saturated carbocycles. The monoisotopic (exact) mass is 238 g/mol. The van der Waals surface area contributed by atoms with E-state index in [0.29, 0.717) is 11.8 Å². The molecule has 0 spiro atoms. The molecule has 0 amide bonds. The molecule has 94 valence electrons. The van der Waals surface area contributed by atoms with Crippen LogP contribution in [0.5, 0.6) is 0 Å². The van der Waals surface area contributed by atoms with Crippen LogP contribution in [-0.2, 0) is 4.79 Å². The summed E-state index contributed by atoms with van der Waals surface area (Å²) in [5.41, 5.74) is 0. The van der Waals surface area contributed by atoms with Crippen LogP contribution in [0.2, 0.25) is 0 Å². The zero-order valence-electron chi connectivity index (χ0n) is 10.2. The van der Waals surface area contributed by atoms with E-state index in [-0.39, 0.29) is 0 Å². The van der Waals surface area contributed by atoms with Gasteiger partial charge in [0.2, 0.25) is 0 Å². The van der Waals surface area contributed by atoms with Crippen LogP contribution in [0.1, 0.15) is 18.7 Å². The molecule has 0 aliphatic carbocycles. The van der Waals surface area contributed by atoms with E-state index in [2.05, 4.69) is 18.9 Å². The fourth-order valence-electron chi connectivity index (χ4n) is 2.22. The van der Waals surface area contributed by atoms with Crippen LogP contribution in [0.25, 0.3) is 0 Å². The number of hydrogen-bond donors (Lipinski definition) is 1. The highest BCUT2D eigenvalue weighted by molar-refractivity contribution is 5.74. The average molecular weight is 238 g/mol. The molecule has 2 atom stereocenters. The highest BCUT2D eigenvalue weighted by Crippen LogP contribution is 2.24. The third-order valence-corrected chi connectivity index (χ3v) is 3.40. The lowest BCUT2D eigenvalue weighted by atomic mass is 10.1. The summed E-state index contributed by atoms with van der Waals surface area (Å²) in [5, 5.41) is 9.33. The molecule has 5 heteroatoms. The summed E-state index contributed by atoms with van der Waals surface area (Å²) < 4.78 is 5.24. The first-order valence-corrected chi connectivity index (χ1v) is 5.80. The van der Waals surface area contributed by atoms with Crippen molar-refractivity contribution < 1.29 is 14.3 Å². The highest BCUT2D eigenvalue weighted by Gasteiger charge is 2.33. The maximum absolute atomic E-state index is 11.4. The molecule has 1 saturated heterocycles. The molecule has 0 radical (unpaired) electrons. The molecule has 1 N–H and O–H groups in total. The van der Waals surface area contributed by atoms with Gasteiger partial charge in [0, 0.05) is 25.7 Å². The summed E-state index contributed by atoms with van der Waals surface area (Å²) in [6, 6.07) is 3.15. The van der Waals surface area contributed by atoms with Crippen LogP contribution in [0.15, 0.2) is 22.8 Å². The number of furan rings is 1. The van der Waals surface area contributed by atoms with Crippen molar-refractivity contribution in [1.82, 2.24) is 9.80 Å². The Labute approximate surface area is 101 Å². The van der Waals surface area contributed by atoms with Gasteiger partial charge in [-0.05, 0) is 26.1 Å². The molecule has 17 heavy (non-hydrogen) atoms. The van der Waals surface area contributed by atoms with Gasteiger partial charge < -0.3 is 14.4 Å². The maximum atomic E-state index is 11.4. The second kappa shape index (κ2) is 4.89. The molecule has 0 bridgehead atoms. The number of carboxylic acid groups (broad SMARTS) is 1. The highest BCUT2D eigenvalue weighted by atomic mass is 16.4. The number of carbonyl (C=O) groups is 1. The Morgan fingerprint density at radius 1 is 1.59 bits per heavy atom. The van der Waals surface area contributed by atoms with E-state index < -0.39 is 12.0 Å². The van der Waals surface area contributed by atoms with E-state index >= 15 is 0 Å². The SMILES string of the molecule is CC1CN(C(C(=O)O)c2ccco2)CCN1C. The Morgan fingerprint density at radius 2 is 2.35 bits per heavy atom. The largest absolute Gasteiger partial charge is 0.480 e. The maximum Gasteiger partial charge on any atom is 0.328 e. The van der Waals surface area contributed by atoms with Crippen LogP contribution in [0.3, 0.4) is 0 Å². The smallest absolute Gasteiger partial charge is 0.328 e. The number of nitrogens with zero attached hydrogens (tertiary/aromatic N) is 2. The van der Waals surface area contributed by atoms with Gasteiger partial charge in [-0.2, -0.15) is 0 Å². The van der Waals surface area contributed by atoms with E-state index in [1.807, 2.05) is 4.90 Å². The van der Waals surface area contributed by atoms with E-state index in [0.717, 1.165) is 19.6 Å². The van der Waals surface area contributed by atoms with E-state index in [9.17, 15) is 9.90 Å². The summed E-state index contributed by atoms with van der Waals surface area (Å²) in [6.45, 7) is 4.48. The van der Waals surface area contributed by atoms with Gasteiger partial charge in [-0.1, -0.05) is 0 Å². The lowest BCUT2D eigenvalue weighted by Gasteiger charge is -2.39. The number of hydrogen-bond acceptors (Lipinski definition) is 4. The zero-order chi connectivity index (χ0) is 12.4. The first-order chi connectivity index (χ1) is 8.09. The molecule has 2 heterocycles. The Hall–Kier alpha value is -1.33. The zero-order valence-corrected chi connectivity index (χ0v) is 10.2. The summed E-state index contributed by atoms with van der Waals surface area (Å²) in [5.74, 6) is -0.342. The van der Waals surface area contributed by atoms with Gasteiger partial charge in [0.05, 0.1) is 6.26 Å². The molecule has 0 aromatic carbocycles. The lowest BCUT2D eigenvalue weighted by Crippen LogP contribution is -2.52. The normalized spacial score (nSPS) is 24.7. The summed E-state index contributed by atoms with van der Waals surface area (Å²) in [7, 11) is 2.06. The van der Waals surface area contributed by atoms with Crippen LogP contribution in [-0.4, -0.2) is 53.6 Å². The van der Waals surface area contributed by atoms with Crippen LogP contribution in [0.4, 0.5) is 0 Å². The molecule has 1 fully saturated rings. The van der Waals surface area contributed by atoms with Crippen molar-refractivity contribution in [3.05, 3.63) is 24.2 Å². The second-order valence-corrected chi connectivity index (χ2v) is 4.58. The number of carboxylic acids is 1. The quantitative estimate of drug-likeness (QED) is 0.852. The Morgan fingerprint density at radius 3 is 2.88 bits per heavy atom. The third kappa shape index (κ3) is 2.50. The summed E-state index contributed by atoms with van der Waals surface area (Å²) >= 11 is 0. The average Bonchev–Trinajstić information content (AvgIpc) is 2.76. The molecule has 1 aromatic rings. The molecule has 1 aromatic heterocycles. The first kappa shape index (κ1) is 12.1. The molecule has 1 aliphatic heterocycles. The fourth-order valence-corrected chi connectivity index (χ4v) is 2.22. The van der Waals surface area contributed by atoms with Crippen molar-refractivity contribution in [2.45, 2.75) is 19.0 Å². The standard InChI is InChI=1S/C12H18N2O3/c1-9-8-14(6-5-13(9)2)11(12(15)16)10-4-3-7-17-10/h3-4,7,9,11H,5-6,8H2,1-2H3,(H,15,16). The summed E-state index contributed by atoms with van der Waals surface area (Å²) in [4.78, 5) is 15.6. The van der Waals surface area contributed by atoms with E-state index in [4.69, 9.17) is 4.42 Å². The van der Waals surface area contributed by atoms with Gasteiger partial charge in [0.1, 0.15) is 5.76 Å². The van der Waals surface area contributed by atoms with Crippen molar-refractivity contribution in [1.29, 1.82) is 0 Å². The third-order valence-electron chi connectivity index (χ3n) is 3.40. The first-order valence-electron chi connectivity index (χ1n) is 5.80. The summed E-state index contributed by atoms with van der Waals surface area (Å²) in [6.07, 6.45) is 1.52. The van der Waals surface area contributed by atoms with Gasteiger partial charge in [0.25, 0.3) is 0 Å². The molecular formula is C12H18N2O3. The number of likely N-dealkylation sites (N-methyl/N-ethyl adjacent to an activating group) is 1. The minimum Gasteiger partial charge on any atom is -0.480 e. The Bertz CT molecular complexity index is 377. The molecule has 1 aliphatic rings. The number of rotatable bonds is 3. The predicted octanol–water partition coefficient (Wildman–Crippen LogP) is 1.04. The van der Waals surface area contributed by atoms with Gasteiger partial charge in [0.15, 0.2) is 6.04 Å². The molecule has 2 unspecified atom stereocenters. The number of aliphatic carboxylic acids is 1. The van der Waals surface area contributed by atoms with Crippen molar-refractivity contribution >= 4 is 5.97 Å². The van der Waals surface area contributed by atoms with Gasteiger partial charge in [-0.3, -0.25) is 9.69 Å². The minimum absolute atomic E-state index is 0.362. The number of piperazine rings is 1. The minimum atomic E-state index is -0.850. The Kier molecular flexibility index (Phi) is 3.49. The van der Waals surface area contributed by atoms with Gasteiger partial charge >= 0.3 is 5.97 Å². The molecule has 5 nitrogen and oxygen atoms in total. The van der Waals surface area contributed by atoms with Crippen molar-refractivity contribution in [2.75, 3.05) is 26.7 Å². The lowest BCUT2D eigenvalue weighted by molar-refractivity contribution is -0.145. The van der Waals surface area contributed by atoms with Gasteiger partial charge in [-0.15, -0.1) is 0 Å². The van der Waals surface area contributed by atoms with Crippen LogP contribution < -0.4 is 0 Å². The van der Waals surface area contributed by atoms with Crippen molar-refractivity contribution in [2.24, 2.45) is 0 Å². The Balaban J connectivity index is 2.15. The van der Waals surface area contributed by atoms with E-state index in [1.54, 1.807) is 12.1 Å². The molecule has 2 rings (SSSR count). The fraction of sp³-hybridized carbons (Fsp3) is 0.583. The second-order valence-electron chi connectivity index (χ2n) is 4.58. The van der Waals surface area contributed by atoms with Crippen molar-refractivity contribution in [3.8, 4) is 0 Å². The van der Waals surface area contributed by atoms with Crippen LogP contribution >= 0.6 is 0 Å². The topological polar surface area (TPSA) is 56.9 Å². The van der Waals surface area contributed by atoms with Crippen LogP contribution in [0, 0.1) is 0 Å². The van der Waals surface area contributed by atoms with Gasteiger partial charge in [-0.25, -0.2) is 0 Å².